The lowest BCUT2D eigenvalue weighted by Crippen LogP contribution is -2.03. The average molecular weight is 403 g/mol. The second-order valence-corrected chi connectivity index (χ2v) is 7.14. The maximum Gasteiger partial charge on any atom is 0.335 e. The third kappa shape index (κ3) is 5.70. The van der Waals surface area contributed by atoms with E-state index in [2.05, 4.69) is 5.16 Å². The molecule has 0 unspecified atom stereocenters. The zero-order valence-electron chi connectivity index (χ0n) is 16.9. The second kappa shape index (κ2) is 10.3. The number of ether oxygens (including phenoxy) is 1. The van der Waals surface area contributed by atoms with E-state index in [1.807, 2.05) is 60.7 Å². The van der Waals surface area contributed by atoms with E-state index in [0.29, 0.717) is 17.9 Å². The first-order valence-corrected chi connectivity index (χ1v) is 9.87. The molecule has 0 saturated heterocycles. The highest BCUT2D eigenvalue weighted by molar-refractivity contribution is 5.98. The zero-order chi connectivity index (χ0) is 21.3. The van der Waals surface area contributed by atoms with Crippen LogP contribution in [-0.2, 0) is 19.4 Å². The van der Waals surface area contributed by atoms with E-state index in [1.165, 1.54) is 0 Å². The van der Waals surface area contributed by atoms with Crippen molar-refractivity contribution < 1.29 is 19.8 Å². The third-order valence-corrected chi connectivity index (χ3v) is 4.98. The molecule has 0 fully saturated rings. The van der Waals surface area contributed by atoms with Gasteiger partial charge in [-0.3, -0.25) is 0 Å². The molecule has 0 bridgehead atoms. The summed E-state index contributed by atoms with van der Waals surface area (Å²) < 4.78 is 6.07. The molecule has 0 heterocycles. The molecule has 3 aromatic carbocycles. The summed E-state index contributed by atoms with van der Waals surface area (Å²) >= 11 is 0. The van der Waals surface area contributed by atoms with Gasteiger partial charge in [-0.1, -0.05) is 47.6 Å². The number of oxime groups is 1. The third-order valence-electron chi connectivity index (χ3n) is 4.98. The monoisotopic (exact) mass is 403 g/mol. The van der Waals surface area contributed by atoms with Crippen LogP contribution in [0.1, 0.15) is 46.0 Å². The van der Waals surface area contributed by atoms with Gasteiger partial charge < -0.3 is 15.1 Å². The van der Waals surface area contributed by atoms with E-state index in [4.69, 9.17) is 15.1 Å². The van der Waals surface area contributed by atoms with Gasteiger partial charge in [0.15, 0.2) is 0 Å². The Hall–Kier alpha value is -3.60. The van der Waals surface area contributed by atoms with Gasteiger partial charge in [0.1, 0.15) is 12.4 Å². The Morgan fingerprint density at radius 3 is 2.27 bits per heavy atom. The van der Waals surface area contributed by atoms with Crippen molar-refractivity contribution in [3.05, 3.63) is 101 Å². The number of hydrogen-bond donors (Lipinski definition) is 2. The van der Waals surface area contributed by atoms with Crippen LogP contribution in [0.5, 0.6) is 5.75 Å². The Kier molecular flexibility index (Phi) is 7.22. The number of aryl methyl sites for hydroxylation is 2. The number of hydrogen-bond acceptors (Lipinski definition) is 4. The topological polar surface area (TPSA) is 79.1 Å². The van der Waals surface area contributed by atoms with Gasteiger partial charge in [-0.25, -0.2) is 4.79 Å². The fourth-order valence-corrected chi connectivity index (χ4v) is 3.23. The molecule has 0 saturated carbocycles. The number of carbonyl (C=O) groups is 1. The molecular formula is C25H25NO4. The van der Waals surface area contributed by atoms with Crippen LogP contribution < -0.4 is 4.74 Å². The standard InChI is InChI=1S/C25H25NO4/c1-18(26-29)22-14-15-24(30-17-20-6-3-2-4-7-20)23(16-22)9-5-8-19-10-12-21(13-11-19)25(27)28/h2-4,6-7,10-16,29H,5,8-9,17H2,1H3,(H,27,28)/b26-18+. The summed E-state index contributed by atoms with van der Waals surface area (Å²) in [7, 11) is 0. The molecule has 30 heavy (non-hydrogen) atoms. The van der Waals surface area contributed by atoms with Gasteiger partial charge in [-0.15, -0.1) is 0 Å². The highest BCUT2D eigenvalue weighted by Gasteiger charge is 2.09. The Labute approximate surface area is 176 Å². The van der Waals surface area contributed by atoms with Crippen LogP contribution in [-0.4, -0.2) is 22.0 Å². The van der Waals surface area contributed by atoms with Crippen molar-refractivity contribution in [2.24, 2.45) is 5.16 Å². The van der Waals surface area contributed by atoms with E-state index >= 15 is 0 Å². The van der Waals surface area contributed by atoms with Gasteiger partial charge >= 0.3 is 5.97 Å². The summed E-state index contributed by atoms with van der Waals surface area (Å²) in [6, 6.07) is 22.8. The minimum Gasteiger partial charge on any atom is -0.489 e. The van der Waals surface area contributed by atoms with Gasteiger partial charge in [0.25, 0.3) is 0 Å². The summed E-state index contributed by atoms with van der Waals surface area (Å²) in [6.07, 6.45) is 2.50. The SMILES string of the molecule is C/C(=N\O)c1ccc(OCc2ccccc2)c(CCCc2ccc(C(=O)O)cc2)c1. The predicted molar refractivity (Wildman–Crippen MR) is 117 cm³/mol. The highest BCUT2D eigenvalue weighted by Crippen LogP contribution is 2.24. The van der Waals surface area contributed by atoms with Crippen molar-refractivity contribution in [3.8, 4) is 5.75 Å². The Bertz CT molecular complexity index is 1010. The predicted octanol–water partition coefficient (Wildman–Crippen LogP) is 5.34. The molecule has 2 N–H and O–H groups in total. The fourth-order valence-electron chi connectivity index (χ4n) is 3.23. The average Bonchev–Trinajstić information content (AvgIpc) is 2.78. The Morgan fingerprint density at radius 1 is 0.900 bits per heavy atom. The van der Waals surface area contributed by atoms with E-state index in [9.17, 15) is 4.79 Å². The normalized spacial score (nSPS) is 11.3. The molecule has 0 spiro atoms. The van der Waals surface area contributed by atoms with Gasteiger partial charge in [0, 0.05) is 0 Å². The lowest BCUT2D eigenvalue weighted by molar-refractivity contribution is 0.0697. The van der Waals surface area contributed by atoms with E-state index in [0.717, 1.165) is 47.3 Å². The second-order valence-electron chi connectivity index (χ2n) is 7.14. The summed E-state index contributed by atoms with van der Waals surface area (Å²) in [5, 5.41) is 21.4. The minimum absolute atomic E-state index is 0.293. The van der Waals surface area contributed by atoms with Gasteiger partial charge in [-0.2, -0.15) is 0 Å². The highest BCUT2D eigenvalue weighted by atomic mass is 16.5. The van der Waals surface area contributed by atoms with Crippen molar-refractivity contribution in [1.29, 1.82) is 0 Å². The zero-order valence-corrected chi connectivity index (χ0v) is 16.9. The molecule has 5 nitrogen and oxygen atoms in total. The summed E-state index contributed by atoms with van der Waals surface area (Å²) in [4.78, 5) is 11.0. The molecule has 3 aromatic rings. The lowest BCUT2D eigenvalue weighted by Gasteiger charge is -2.13. The molecule has 0 atom stereocenters. The van der Waals surface area contributed by atoms with Crippen LogP contribution in [0.2, 0.25) is 0 Å². The molecule has 0 aromatic heterocycles. The van der Waals surface area contributed by atoms with Crippen LogP contribution in [0.15, 0.2) is 78.0 Å². The van der Waals surface area contributed by atoms with Crippen molar-refractivity contribution in [2.45, 2.75) is 32.8 Å². The van der Waals surface area contributed by atoms with E-state index in [1.54, 1.807) is 19.1 Å². The molecular weight excluding hydrogens is 378 g/mol. The molecule has 0 radical (unpaired) electrons. The van der Waals surface area contributed by atoms with Gasteiger partial charge in [0.05, 0.1) is 11.3 Å². The number of carboxylic acids is 1. The van der Waals surface area contributed by atoms with Crippen molar-refractivity contribution in [1.82, 2.24) is 0 Å². The molecule has 0 aliphatic heterocycles. The maximum absolute atomic E-state index is 11.0. The molecule has 0 aliphatic rings. The largest absolute Gasteiger partial charge is 0.489 e. The fraction of sp³-hybridized carbons (Fsp3) is 0.200. The quantitative estimate of drug-likeness (QED) is 0.287. The summed E-state index contributed by atoms with van der Waals surface area (Å²) in [5.74, 6) is -0.103. The van der Waals surface area contributed by atoms with E-state index < -0.39 is 5.97 Å². The Balaban J connectivity index is 1.70. The minimum atomic E-state index is -0.917. The van der Waals surface area contributed by atoms with Crippen LogP contribution in [0.4, 0.5) is 0 Å². The first kappa shape index (κ1) is 21.1. The molecule has 0 aliphatic carbocycles. The first-order chi connectivity index (χ1) is 14.6. The molecule has 154 valence electrons. The lowest BCUT2D eigenvalue weighted by atomic mass is 9.99. The number of carboxylic acid groups (broad SMARTS) is 1. The van der Waals surface area contributed by atoms with Gasteiger partial charge in [0.2, 0.25) is 0 Å². The number of nitrogens with zero attached hydrogens (tertiary/aromatic N) is 1. The van der Waals surface area contributed by atoms with Crippen LogP contribution in [0, 0.1) is 0 Å². The van der Waals surface area contributed by atoms with Crippen LogP contribution in [0.3, 0.4) is 0 Å². The molecule has 5 heteroatoms. The number of rotatable bonds is 9. The summed E-state index contributed by atoms with van der Waals surface area (Å²) in [6.45, 7) is 2.24. The van der Waals surface area contributed by atoms with Crippen molar-refractivity contribution in [2.75, 3.05) is 0 Å². The van der Waals surface area contributed by atoms with Crippen molar-refractivity contribution in [3.63, 3.8) is 0 Å². The summed E-state index contributed by atoms with van der Waals surface area (Å²) in [5.41, 5.74) is 4.94. The number of benzene rings is 3. The van der Waals surface area contributed by atoms with Gasteiger partial charge in [-0.05, 0) is 78.8 Å². The molecule has 3 rings (SSSR count). The van der Waals surface area contributed by atoms with Crippen LogP contribution >= 0.6 is 0 Å². The Morgan fingerprint density at radius 2 is 1.60 bits per heavy atom. The molecule has 0 amide bonds. The van der Waals surface area contributed by atoms with Crippen LogP contribution in [0.25, 0.3) is 0 Å². The number of aromatic carboxylic acids is 1. The van der Waals surface area contributed by atoms with Crippen molar-refractivity contribution >= 4 is 11.7 Å². The van der Waals surface area contributed by atoms with E-state index in [-0.39, 0.29) is 0 Å². The maximum atomic E-state index is 11.0. The smallest absolute Gasteiger partial charge is 0.335 e. The first-order valence-electron chi connectivity index (χ1n) is 9.87.